The number of allylic oxidation sites excluding steroid dienone is 1. The molecule has 0 unspecified atom stereocenters. The topological polar surface area (TPSA) is 78.7 Å². The SMILES string of the molecule is COCCOc1ccc(C(=O)/C=C\c2ccc(C)c([N+](=O)[O-])c2)cc1. The highest BCUT2D eigenvalue weighted by Crippen LogP contribution is 2.20. The van der Waals surface area contributed by atoms with E-state index in [1.807, 2.05) is 0 Å². The van der Waals surface area contributed by atoms with Crippen molar-refractivity contribution >= 4 is 17.5 Å². The van der Waals surface area contributed by atoms with Crippen LogP contribution in [0, 0.1) is 17.0 Å². The van der Waals surface area contributed by atoms with E-state index in [2.05, 4.69) is 0 Å². The van der Waals surface area contributed by atoms with Crippen LogP contribution in [0.15, 0.2) is 48.5 Å². The van der Waals surface area contributed by atoms with Crippen LogP contribution in [-0.4, -0.2) is 31.0 Å². The van der Waals surface area contributed by atoms with Gasteiger partial charge in [-0.2, -0.15) is 0 Å². The molecular weight excluding hydrogens is 322 g/mol. The largest absolute Gasteiger partial charge is 0.491 e. The average Bonchev–Trinajstić information content (AvgIpc) is 2.61. The molecule has 2 rings (SSSR count). The molecule has 2 aromatic rings. The Hall–Kier alpha value is -2.99. The number of carbonyl (C=O) groups excluding carboxylic acids is 1. The van der Waals surface area contributed by atoms with E-state index in [4.69, 9.17) is 9.47 Å². The van der Waals surface area contributed by atoms with Crippen molar-refractivity contribution in [3.63, 3.8) is 0 Å². The molecule has 130 valence electrons. The predicted molar refractivity (Wildman–Crippen MR) is 95.0 cm³/mol. The molecule has 0 saturated carbocycles. The zero-order chi connectivity index (χ0) is 18.2. The zero-order valence-electron chi connectivity index (χ0n) is 14.1. The van der Waals surface area contributed by atoms with Gasteiger partial charge in [0.05, 0.1) is 11.5 Å². The summed E-state index contributed by atoms with van der Waals surface area (Å²) >= 11 is 0. The quantitative estimate of drug-likeness (QED) is 0.240. The number of hydrogen-bond donors (Lipinski definition) is 0. The Morgan fingerprint density at radius 3 is 2.52 bits per heavy atom. The maximum Gasteiger partial charge on any atom is 0.272 e. The molecule has 0 saturated heterocycles. The summed E-state index contributed by atoms with van der Waals surface area (Å²) in [5.74, 6) is 0.471. The number of carbonyl (C=O) groups is 1. The molecular formula is C19H19NO5. The molecule has 0 aromatic heterocycles. The Balaban J connectivity index is 2.05. The number of aryl methyl sites for hydroxylation is 1. The Morgan fingerprint density at radius 2 is 1.88 bits per heavy atom. The third-order valence-corrected chi connectivity index (χ3v) is 3.55. The molecule has 25 heavy (non-hydrogen) atoms. The number of benzene rings is 2. The molecule has 0 N–H and O–H groups in total. The molecule has 6 nitrogen and oxygen atoms in total. The van der Waals surface area contributed by atoms with Crippen LogP contribution in [0.2, 0.25) is 0 Å². The molecule has 0 radical (unpaired) electrons. The van der Waals surface area contributed by atoms with Gasteiger partial charge in [-0.25, -0.2) is 0 Å². The first-order valence-corrected chi connectivity index (χ1v) is 7.70. The molecule has 0 aliphatic heterocycles. The monoisotopic (exact) mass is 341 g/mol. The van der Waals surface area contributed by atoms with Crippen molar-refractivity contribution in [3.8, 4) is 5.75 Å². The Kier molecular flexibility index (Phi) is 6.42. The van der Waals surface area contributed by atoms with Gasteiger partial charge in [0.15, 0.2) is 5.78 Å². The van der Waals surface area contributed by atoms with E-state index in [1.54, 1.807) is 56.5 Å². The first-order chi connectivity index (χ1) is 12.0. The number of nitro benzene ring substituents is 1. The fraction of sp³-hybridized carbons (Fsp3) is 0.211. The van der Waals surface area contributed by atoms with Crippen LogP contribution >= 0.6 is 0 Å². The minimum Gasteiger partial charge on any atom is -0.491 e. The smallest absolute Gasteiger partial charge is 0.272 e. The maximum atomic E-state index is 12.2. The summed E-state index contributed by atoms with van der Waals surface area (Å²) in [6, 6.07) is 11.6. The molecule has 2 aromatic carbocycles. The van der Waals surface area contributed by atoms with Gasteiger partial charge in [0.1, 0.15) is 12.4 Å². The van der Waals surface area contributed by atoms with Gasteiger partial charge in [-0.15, -0.1) is 0 Å². The van der Waals surface area contributed by atoms with Gasteiger partial charge >= 0.3 is 0 Å². The number of nitro groups is 1. The predicted octanol–water partition coefficient (Wildman–Crippen LogP) is 3.82. The first-order valence-electron chi connectivity index (χ1n) is 7.70. The standard InChI is InChI=1S/C19H19NO5/c1-14-3-4-15(13-18(14)20(22)23)5-10-19(21)16-6-8-17(9-7-16)25-12-11-24-2/h3-10,13H,11-12H2,1-2H3/b10-5-. The molecule has 0 amide bonds. The lowest BCUT2D eigenvalue weighted by Gasteiger charge is -2.05. The van der Waals surface area contributed by atoms with Crippen LogP contribution in [-0.2, 0) is 4.74 Å². The molecule has 0 aliphatic rings. The van der Waals surface area contributed by atoms with Gasteiger partial charge in [0.25, 0.3) is 5.69 Å². The average molecular weight is 341 g/mol. The minimum atomic E-state index is -0.434. The second kappa shape index (κ2) is 8.75. The third kappa shape index (κ3) is 5.26. The second-order valence-corrected chi connectivity index (χ2v) is 5.37. The van der Waals surface area contributed by atoms with Crippen LogP contribution < -0.4 is 4.74 Å². The van der Waals surface area contributed by atoms with Gasteiger partial charge in [-0.1, -0.05) is 18.2 Å². The van der Waals surface area contributed by atoms with E-state index in [-0.39, 0.29) is 11.5 Å². The fourth-order valence-corrected chi connectivity index (χ4v) is 2.15. The van der Waals surface area contributed by atoms with Crippen LogP contribution in [0.4, 0.5) is 5.69 Å². The van der Waals surface area contributed by atoms with Gasteiger partial charge in [-0.05, 0) is 42.8 Å². The normalized spacial score (nSPS) is 10.8. The van der Waals surface area contributed by atoms with Crippen LogP contribution in [0.3, 0.4) is 0 Å². The van der Waals surface area contributed by atoms with E-state index in [9.17, 15) is 14.9 Å². The molecule has 0 bridgehead atoms. The van der Waals surface area contributed by atoms with Crippen molar-refractivity contribution in [2.45, 2.75) is 6.92 Å². The number of hydrogen-bond acceptors (Lipinski definition) is 5. The Labute approximate surface area is 145 Å². The lowest BCUT2D eigenvalue weighted by molar-refractivity contribution is -0.385. The molecule has 0 fully saturated rings. The van der Waals surface area contributed by atoms with Crippen molar-refractivity contribution in [1.82, 2.24) is 0 Å². The van der Waals surface area contributed by atoms with Gasteiger partial charge in [-0.3, -0.25) is 14.9 Å². The third-order valence-electron chi connectivity index (χ3n) is 3.55. The van der Waals surface area contributed by atoms with Crippen LogP contribution in [0.25, 0.3) is 6.08 Å². The minimum absolute atomic E-state index is 0.0344. The summed E-state index contributed by atoms with van der Waals surface area (Å²) in [4.78, 5) is 22.7. The number of methoxy groups -OCH3 is 1. The van der Waals surface area contributed by atoms with Crippen molar-refractivity contribution in [3.05, 3.63) is 75.3 Å². The number of ketones is 1. The lowest BCUT2D eigenvalue weighted by Crippen LogP contribution is -2.04. The Bertz CT molecular complexity index is 781. The first kappa shape index (κ1) is 18.4. The molecule has 0 aliphatic carbocycles. The van der Waals surface area contributed by atoms with Crippen molar-refractivity contribution < 1.29 is 19.2 Å². The van der Waals surface area contributed by atoms with Gasteiger partial charge in [0.2, 0.25) is 0 Å². The van der Waals surface area contributed by atoms with E-state index < -0.39 is 4.92 Å². The van der Waals surface area contributed by atoms with Gasteiger partial charge in [0, 0.05) is 24.3 Å². The molecule has 0 atom stereocenters. The highest BCUT2D eigenvalue weighted by atomic mass is 16.6. The summed E-state index contributed by atoms with van der Waals surface area (Å²) in [6.45, 7) is 2.61. The molecule has 0 spiro atoms. The Morgan fingerprint density at radius 1 is 1.16 bits per heavy atom. The molecule has 0 heterocycles. The summed E-state index contributed by atoms with van der Waals surface area (Å²) in [5.41, 5.74) is 1.73. The summed E-state index contributed by atoms with van der Waals surface area (Å²) in [7, 11) is 1.60. The number of rotatable bonds is 8. The number of ether oxygens (including phenoxy) is 2. The fourth-order valence-electron chi connectivity index (χ4n) is 2.15. The van der Waals surface area contributed by atoms with E-state index in [0.29, 0.717) is 35.7 Å². The second-order valence-electron chi connectivity index (χ2n) is 5.37. The zero-order valence-corrected chi connectivity index (χ0v) is 14.1. The van der Waals surface area contributed by atoms with Crippen LogP contribution in [0.1, 0.15) is 21.5 Å². The van der Waals surface area contributed by atoms with E-state index in [0.717, 1.165) is 0 Å². The van der Waals surface area contributed by atoms with E-state index in [1.165, 1.54) is 12.1 Å². The van der Waals surface area contributed by atoms with Crippen molar-refractivity contribution in [1.29, 1.82) is 0 Å². The van der Waals surface area contributed by atoms with Gasteiger partial charge < -0.3 is 9.47 Å². The highest BCUT2D eigenvalue weighted by Gasteiger charge is 2.10. The lowest BCUT2D eigenvalue weighted by atomic mass is 10.1. The van der Waals surface area contributed by atoms with Crippen molar-refractivity contribution in [2.24, 2.45) is 0 Å². The summed E-state index contributed by atoms with van der Waals surface area (Å²) < 4.78 is 10.3. The summed E-state index contributed by atoms with van der Waals surface area (Å²) in [5, 5.41) is 11.0. The number of nitrogens with zero attached hydrogens (tertiary/aromatic N) is 1. The summed E-state index contributed by atoms with van der Waals surface area (Å²) in [6.07, 6.45) is 2.97. The van der Waals surface area contributed by atoms with Crippen molar-refractivity contribution in [2.75, 3.05) is 20.3 Å². The maximum absolute atomic E-state index is 12.2. The molecule has 6 heteroatoms. The highest BCUT2D eigenvalue weighted by molar-refractivity contribution is 6.06. The van der Waals surface area contributed by atoms with E-state index >= 15 is 0 Å². The van der Waals surface area contributed by atoms with Crippen LogP contribution in [0.5, 0.6) is 5.75 Å².